The van der Waals surface area contributed by atoms with Crippen LogP contribution in [0.5, 0.6) is 11.5 Å². The average Bonchev–Trinajstić information content (AvgIpc) is 3.06. The minimum absolute atomic E-state index is 0.0380. The number of ether oxygens (including phenoxy) is 2. The highest BCUT2D eigenvalue weighted by atomic mass is 16.5. The number of hydrogen-bond acceptors (Lipinski definition) is 4. The number of nitrogens with zero attached hydrogens (tertiary/aromatic N) is 1. The van der Waals surface area contributed by atoms with E-state index in [1.165, 1.54) is 32.1 Å². The first-order valence-corrected chi connectivity index (χ1v) is 10.6. The Morgan fingerprint density at radius 1 is 1.07 bits per heavy atom. The molecule has 0 saturated heterocycles. The van der Waals surface area contributed by atoms with Crippen molar-refractivity contribution >= 4 is 11.9 Å². The molecule has 5 rings (SSSR count). The number of Topliss-reactive ketones (excluding diaryl/α,β-unsaturated/α-hetero) is 1. The zero-order valence-electron chi connectivity index (χ0n) is 17.2. The summed E-state index contributed by atoms with van der Waals surface area (Å²) in [6, 6.07) is 10.6. The van der Waals surface area contributed by atoms with Gasteiger partial charge in [0.25, 0.3) is 0 Å². The molecular formula is C25H27NO3. The van der Waals surface area contributed by atoms with Crippen LogP contribution in [0.4, 0.5) is 0 Å². The molecule has 0 spiro atoms. The fraction of sp³-hybridized carbons (Fsp3) is 0.400. The van der Waals surface area contributed by atoms with E-state index in [1.807, 2.05) is 50.3 Å². The second-order valence-corrected chi connectivity index (χ2v) is 8.48. The van der Waals surface area contributed by atoms with E-state index in [0.717, 1.165) is 34.5 Å². The molecule has 0 atom stereocenters. The second-order valence-electron chi connectivity index (χ2n) is 8.48. The van der Waals surface area contributed by atoms with E-state index in [2.05, 4.69) is 4.90 Å². The highest BCUT2D eigenvalue weighted by molar-refractivity contribution is 6.15. The molecule has 0 aromatic heterocycles. The molecule has 0 radical (unpaired) electrons. The fourth-order valence-corrected chi connectivity index (χ4v) is 4.84. The van der Waals surface area contributed by atoms with Gasteiger partial charge in [-0.1, -0.05) is 43.5 Å². The summed E-state index contributed by atoms with van der Waals surface area (Å²) >= 11 is 0. The molecule has 0 bridgehead atoms. The highest BCUT2D eigenvalue weighted by Crippen LogP contribution is 2.43. The molecule has 29 heavy (non-hydrogen) atoms. The molecule has 0 N–H and O–H groups in total. The van der Waals surface area contributed by atoms with Gasteiger partial charge in [0.1, 0.15) is 18.2 Å². The molecule has 0 amide bonds. The maximum Gasteiger partial charge on any atom is 0.231 e. The van der Waals surface area contributed by atoms with Crippen LogP contribution >= 0.6 is 0 Å². The predicted octanol–water partition coefficient (Wildman–Crippen LogP) is 5.40. The minimum atomic E-state index is -0.0380. The molecule has 0 unspecified atom stereocenters. The van der Waals surface area contributed by atoms with E-state index in [0.29, 0.717) is 29.8 Å². The third-order valence-electron chi connectivity index (χ3n) is 6.53. The maximum absolute atomic E-state index is 13.1. The van der Waals surface area contributed by atoms with Gasteiger partial charge >= 0.3 is 0 Å². The zero-order chi connectivity index (χ0) is 20.0. The molecular weight excluding hydrogens is 362 g/mol. The van der Waals surface area contributed by atoms with E-state index in [9.17, 15) is 4.79 Å². The number of carbonyl (C=O) groups excluding carboxylic acids is 1. The summed E-state index contributed by atoms with van der Waals surface area (Å²) in [6.07, 6.45) is 8.29. The standard InChI is InChI=1S/C25H27NO3/c1-16-8-6-7-9-18(16)13-22-23(27)21-12-19-14-26(20-10-4-3-5-11-20)15-28-24(19)17(2)25(21)29-22/h6-9,12-13,20H,3-5,10-11,14-15H2,1-2H3/b22-13-. The van der Waals surface area contributed by atoms with Crippen LogP contribution in [0.15, 0.2) is 36.1 Å². The minimum Gasteiger partial charge on any atom is -0.477 e. The summed E-state index contributed by atoms with van der Waals surface area (Å²) in [5.41, 5.74) is 4.82. The Morgan fingerprint density at radius 3 is 2.66 bits per heavy atom. The largest absolute Gasteiger partial charge is 0.477 e. The molecule has 3 aliphatic rings. The molecule has 2 aromatic carbocycles. The summed E-state index contributed by atoms with van der Waals surface area (Å²) in [5, 5.41) is 0. The van der Waals surface area contributed by atoms with Gasteiger partial charge in [-0.05, 0) is 50.0 Å². The molecule has 1 saturated carbocycles. The Kier molecular flexibility index (Phi) is 4.67. The Labute approximate surface area is 172 Å². The van der Waals surface area contributed by atoms with Crippen LogP contribution < -0.4 is 9.47 Å². The summed E-state index contributed by atoms with van der Waals surface area (Å²) in [4.78, 5) is 15.5. The summed E-state index contributed by atoms with van der Waals surface area (Å²) in [7, 11) is 0. The molecule has 4 heteroatoms. The van der Waals surface area contributed by atoms with Crippen molar-refractivity contribution in [1.82, 2.24) is 4.90 Å². The molecule has 4 nitrogen and oxygen atoms in total. The monoisotopic (exact) mass is 389 g/mol. The predicted molar refractivity (Wildman–Crippen MR) is 113 cm³/mol. The number of allylic oxidation sites excluding steroid dienone is 1. The normalized spacial score (nSPS) is 20.9. The third-order valence-corrected chi connectivity index (χ3v) is 6.53. The third kappa shape index (κ3) is 3.25. The van der Waals surface area contributed by atoms with E-state index < -0.39 is 0 Å². The number of rotatable bonds is 2. The number of benzene rings is 2. The van der Waals surface area contributed by atoms with Crippen LogP contribution in [0, 0.1) is 13.8 Å². The first-order valence-electron chi connectivity index (χ1n) is 10.6. The lowest BCUT2D eigenvalue weighted by Crippen LogP contribution is -2.41. The van der Waals surface area contributed by atoms with Crippen LogP contribution in [0.2, 0.25) is 0 Å². The Morgan fingerprint density at radius 2 is 1.86 bits per heavy atom. The summed E-state index contributed by atoms with van der Waals surface area (Å²) in [5.74, 6) is 1.90. The average molecular weight is 389 g/mol. The number of fused-ring (bicyclic) bond motifs is 2. The highest BCUT2D eigenvalue weighted by Gasteiger charge is 2.34. The van der Waals surface area contributed by atoms with Crippen LogP contribution in [-0.4, -0.2) is 23.5 Å². The molecule has 1 fully saturated rings. The van der Waals surface area contributed by atoms with Crippen molar-refractivity contribution in [2.45, 2.75) is 58.5 Å². The van der Waals surface area contributed by atoms with Crippen LogP contribution in [0.25, 0.3) is 6.08 Å². The van der Waals surface area contributed by atoms with Gasteiger partial charge in [0.2, 0.25) is 5.78 Å². The maximum atomic E-state index is 13.1. The SMILES string of the molecule is Cc1ccccc1/C=C1\Oc2c(cc3c(c2C)OCN(C2CCCCC2)C3)C1=O. The number of hydrogen-bond donors (Lipinski definition) is 0. The number of aryl methyl sites for hydroxylation is 1. The molecule has 150 valence electrons. The van der Waals surface area contributed by atoms with Gasteiger partial charge in [0, 0.05) is 23.7 Å². The van der Waals surface area contributed by atoms with Gasteiger partial charge < -0.3 is 9.47 Å². The molecule has 2 aliphatic heterocycles. The fourth-order valence-electron chi connectivity index (χ4n) is 4.84. The molecule has 2 heterocycles. The van der Waals surface area contributed by atoms with Gasteiger partial charge in [-0.25, -0.2) is 0 Å². The summed E-state index contributed by atoms with van der Waals surface area (Å²) < 4.78 is 12.2. The van der Waals surface area contributed by atoms with Gasteiger partial charge in [0.15, 0.2) is 5.76 Å². The van der Waals surface area contributed by atoms with Gasteiger partial charge in [-0.3, -0.25) is 9.69 Å². The summed E-state index contributed by atoms with van der Waals surface area (Å²) in [6.45, 7) is 5.50. The first kappa shape index (κ1) is 18.4. The van der Waals surface area contributed by atoms with E-state index >= 15 is 0 Å². The van der Waals surface area contributed by atoms with Crippen molar-refractivity contribution < 1.29 is 14.3 Å². The van der Waals surface area contributed by atoms with E-state index in [4.69, 9.17) is 9.47 Å². The van der Waals surface area contributed by atoms with Crippen molar-refractivity contribution in [2.24, 2.45) is 0 Å². The van der Waals surface area contributed by atoms with Crippen molar-refractivity contribution in [3.63, 3.8) is 0 Å². The van der Waals surface area contributed by atoms with Gasteiger partial charge in [0.05, 0.1) is 5.56 Å². The van der Waals surface area contributed by atoms with Crippen LogP contribution in [0.1, 0.15) is 64.7 Å². The topological polar surface area (TPSA) is 38.8 Å². The van der Waals surface area contributed by atoms with Gasteiger partial charge in [-0.15, -0.1) is 0 Å². The van der Waals surface area contributed by atoms with E-state index in [1.54, 1.807) is 0 Å². The van der Waals surface area contributed by atoms with E-state index in [-0.39, 0.29) is 5.78 Å². The zero-order valence-corrected chi connectivity index (χ0v) is 17.2. The van der Waals surface area contributed by atoms with Crippen molar-refractivity contribution in [3.8, 4) is 11.5 Å². The lowest BCUT2D eigenvalue weighted by molar-refractivity contribution is 0.0397. The van der Waals surface area contributed by atoms with Crippen molar-refractivity contribution in [3.05, 3.63) is 63.9 Å². The van der Waals surface area contributed by atoms with Crippen LogP contribution in [-0.2, 0) is 6.54 Å². The van der Waals surface area contributed by atoms with Gasteiger partial charge in [-0.2, -0.15) is 0 Å². The quantitative estimate of drug-likeness (QED) is 0.644. The lowest BCUT2D eigenvalue weighted by atomic mass is 9.93. The van der Waals surface area contributed by atoms with Crippen molar-refractivity contribution in [2.75, 3.05) is 6.73 Å². The Hall–Kier alpha value is -2.59. The van der Waals surface area contributed by atoms with Crippen molar-refractivity contribution in [1.29, 1.82) is 0 Å². The number of ketones is 1. The lowest BCUT2D eigenvalue weighted by Gasteiger charge is -2.37. The smallest absolute Gasteiger partial charge is 0.231 e. The first-order chi connectivity index (χ1) is 14.1. The molecule has 2 aromatic rings. The Bertz CT molecular complexity index is 1000. The second kappa shape index (κ2) is 7.34. The molecule has 1 aliphatic carbocycles. The Balaban J connectivity index is 1.46. The number of carbonyl (C=O) groups is 1. The van der Waals surface area contributed by atoms with Crippen LogP contribution in [0.3, 0.4) is 0 Å².